The van der Waals surface area contributed by atoms with Crippen molar-refractivity contribution in [3.63, 3.8) is 0 Å². The largest absolute Gasteiger partial charge is 0.496 e. The van der Waals surface area contributed by atoms with Crippen LogP contribution in [0.25, 0.3) is 0 Å². The first-order valence-electron chi connectivity index (χ1n) is 5.34. The summed E-state index contributed by atoms with van der Waals surface area (Å²) >= 11 is 0. The van der Waals surface area contributed by atoms with Crippen LogP contribution in [-0.4, -0.2) is 34.3 Å². The lowest BCUT2D eigenvalue weighted by atomic mass is 10.2. The molecule has 0 saturated carbocycles. The first-order chi connectivity index (χ1) is 9.13. The Morgan fingerprint density at radius 3 is 2.74 bits per heavy atom. The molecule has 0 fully saturated rings. The quantitative estimate of drug-likeness (QED) is 0.771. The second-order valence-electron chi connectivity index (χ2n) is 3.62. The molecule has 0 bridgehead atoms. The van der Waals surface area contributed by atoms with Gasteiger partial charge in [0.15, 0.2) is 0 Å². The van der Waals surface area contributed by atoms with Crippen LogP contribution in [0.1, 0.15) is 20.7 Å². The maximum Gasteiger partial charge on any atom is 0.341 e. The number of aromatic carboxylic acids is 1. The first kappa shape index (κ1) is 12.6. The third-order valence-corrected chi connectivity index (χ3v) is 2.46. The zero-order chi connectivity index (χ0) is 13.8. The predicted octanol–water partition coefficient (Wildman–Crippen LogP) is 1.37. The third kappa shape index (κ3) is 2.54. The lowest BCUT2D eigenvalue weighted by Gasteiger charge is -2.08. The Kier molecular flexibility index (Phi) is 3.46. The minimum atomic E-state index is -1.18. The van der Waals surface area contributed by atoms with Crippen molar-refractivity contribution in [2.45, 2.75) is 0 Å². The van der Waals surface area contributed by atoms with Gasteiger partial charge in [-0.15, -0.1) is 0 Å². The number of para-hydroxylation sites is 1. The van der Waals surface area contributed by atoms with Crippen LogP contribution in [0.5, 0.6) is 5.75 Å². The second kappa shape index (κ2) is 5.21. The molecule has 0 saturated heterocycles. The van der Waals surface area contributed by atoms with Gasteiger partial charge in [0, 0.05) is 0 Å². The number of carbonyl (C=O) groups excluding carboxylic acids is 1. The van der Waals surface area contributed by atoms with Crippen LogP contribution in [0.3, 0.4) is 0 Å². The van der Waals surface area contributed by atoms with E-state index in [1.165, 1.54) is 7.11 Å². The van der Waals surface area contributed by atoms with E-state index >= 15 is 0 Å². The molecule has 7 heteroatoms. The van der Waals surface area contributed by atoms with Crippen molar-refractivity contribution in [1.29, 1.82) is 0 Å². The van der Waals surface area contributed by atoms with Crippen LogP contribution in [0.15, 0.2) is 30.5 Å². The molecule has 1 amide bonds. The molecule has 0 aliphatic rings. The number of carbonyl (C=O) groups is 2. The molecular weight excluding hydrogens is 250 g/mol. The van der Waals surface area contributed by atoms with Gasteiger partial charge in [-0.3, -0.25) is 9.89 Å². The number of amides is 1. The van der Waals surface area contributed by atoms with Crippen molar-refractivity contribution in [2.24, 2.45) is 0 Å². The molecule has 0 aliphatic heterocycles. The van der Waals surface area contributed by atoms with Crippen molar-refractivity contribution >= 4 is 17.7 Å². The van der Waals surface area contributed by atoms with Gasteiger partial charge in [0.05, 0.1) is 18.9 Å². The number of benzene rings is 1. The Morgan fingerprint density at radius 1 is 1.32 bits per heavy atom. The molecule has 1 heterocycles. The van der Waals surface area contributed by atoms with Crippen molar-refractivity contribution in [3.8, 4) is 5.75 Å². The molecule has 98 valence electrons. The lowest BCUT2D eigenvalue weighted by Crippen LogP contribution is -2.15. The summed E-state index contributed by atoms with van der Waals surface area (Å²) in [5, 5.41) is 17.4. The summed E-state index contributed by atoms with van der Waals surface area (Å²) in [6, 6.07) is 6.63. The van der Waals surface area contributed by atoms with Crippen molar-refractivity contribution < 1.29 is 19.4 Å². The molecule has 7 nitrogen and oxygen atoms in total. The molecule has 1 aromatic heterocycles. The number of nitrogens with zero attached hydrogens (tertiary/aromatic N) is 1. The van der Waals surface area contributed by atoms with E-state index in [-0.39, 0.29) is 11.4 Å². The zero-order valence-electron chi connectivity index (χ0n) is 10.0. The molecule has 2 rings (SSSR count). The van der Waals surface area contributed by atoms with Crippen LogP contribution in [0.4, 0.5) is 5.82 Å². The minimum Gasteiger partial charge on any atom is -0.496 e. The highest BCUT2D eigenvalue weighted by Gasteiger charge is 2.17. The molecule has 2 aromatic rings. The van der Waals surface area contributed by atoms with Crippen molar-refractivity contribution in [1.82, 2.24) is 10.2 Å². The highest BCUT2D eigenvalue weighted by molar-refractivity contribution is 6.08. The van der Waals surface area contributed by atoms with E-state index in [1.807, 2.05) is 0 Å². The summed E-state index contributed by atoms with van der Waals surface area (Å²) in [5.74, 6) is -1.23. The fourth-order valence-corrected chi connectivity index (χ4v) is 1.56. The van der Waals surface area contributed by atoms with Gasteiger partial charge in [0.25, 0.3) is 5.91 Å². The van der Waals surface area contributed by atoms with E-state index in [4.69, 9.17) is 9.84 Å². The molecule has 0 radical (unpaired) electrons. The molecule has 3 N–H and O–H groups in total. The Hall–Kier alpha value is -2.83. The van der Waals surface area contributed by atoms with Gasteiger partial charge >= 0.3 is 5.97 Å². The van der Waals surface area contributed by atoms with Gasteiger partial charge < -0.3 is 15.2 Å². The molecule has 0 unspecified atom stereocenters. The number of hydrogen-bond donors (Lipinski definition) is 3. The molecule has 0 atom stereocenters. The summed E-state index contributed by atoms with van der Waals surface area (Å²) < 4.78 is 5.06. The van der Waals surface area contributed by atoms with E-state index < -0.39 is 11.9 Å². The smallest absolute Gasteiger partial charge is 0.341 e. The van der Waals surface area contributed by atoms with E-state index in [0.29, 0.717) is 11.3 Å². The number of methoxy groups -OCH3 is 1. The Bertz CT molecular complexity index is 621. The fraction of sp³-hybridized carbons (Fsp3) is 0.0833. The topological polar surface area (TPSA) is 104 Å². The van der Waals surface area contributed by atoms with Gasteiger partial charge in [-0.1, -0.05) is 12.1 Å². The summed E-state index contributed by atoms with van der Waals surface area (Å²) in [6.07, 6.45) is 1.13. The number of nitrogens with one attached hydrogen (secondary N) is 2. The summed E-state index contributed by atoms with van der Waals surface area (Å²) in [4.78, 5) is 22.9. The number of aromatic nitrogens is 2. The monoisotopic (exact) mass is 261 g/mol. The van der Waals surface area contributed by atoms with Gasteiger partial charge in [-0.05, 0) is 12.1 Å². The van der Waals surface area contributed by atoms with Crippen LogP contribution < -0.4 is 10.1 Å². The van der Waals surface area contributed by atoms with Crippen molar-refractivity contribution in [2.75, 3.05) is 12.4 Å². The average molecular weight is 261 g/mol. The SMILES string of the molecule is COc1ccccc1C(=O)Nc1[nH]ncc1C(=O)O. The average Bonchev–Trinajstić information content (AvgIpc) is 2.87. The molecule has 0 aliphatic carbocycles. The lowest BCUT2D eigenvalue weighted by molar-refractivity contribution is 0.0698. The number of carboxylic acid groups (broad SMARTS) is 1. The molecule has 0 spiro atoms. The number of carboxylic acids is 1. The normalized spacial score (nSPS) is 9.95. The van der Waals surface area contributed by atoms with E-state index in [1.54, 1.807) is 24.3 Å². The van der Waals surface area contributed by atoms with Crippen molar-refractivity contribution in [3.05, 3.63) is 41.6 Å². The van der Waals surface area contributed by atoms with Gasteiger partial charge in [0.2, 0.25) is 0 Å². The van der Waals surface area contributed by atoms with E-state index in [0.717, 1.165) is 6.20 Å². The number of H-pyrrole nitrogens is 1. The zero-order valence-corrected chi connectivity index (χ0v) is 10.0. The molecule has 1 aromatic carbocycles. The predicted molar refractivity (Wildman–Crippen MR) is 66.5 cm³/mol. The second-order valence-corrected chi connectivity index (χ2v) is 3.62. The Labute approximate surface area is 108 Å². The number of hydrogen-bond acceptors (Lipinski definition) is 4. The van der Waals surface area contributed by atoms with Crippen LogP contribution in [0.2, 0.25) is 0 Å². The maximum absolute atomic E-state index is 12.0. The number of ether oxygens (including phenoxy) is 1. The van der Waals surface area contributed by atoms with Crippen LogP contribution in [-0.2, 0) is 0 Å². The summed E-state index contributed by atoms with van der Waals surface area (Å²) in [7, 11) is 1.45. The Morgan fingerprint density at radius 2 is 2.05 bits per heavy atom. The fourth-order valence-electron chi connectivity index (χ4n) is 1.56. The number of anilines is 1. The third-order valence-electron chi connectivity index (χ3n) is 2.46. The number of aromatic amines is 1. The van der Waals surface area contributed by atoms with Gasteiger partial charge in [0.1, 0.15) is 17.1 Å². The number of rotatable bonds is 4. The first-order valence-corrected chi connectivity index (χ1v) is 5.34. The highest BCUT2D eigenvalue weighted by Crippen LogP contribution is 2.19. The van der Waals surface area contributed by atoms with Crippen LogP contribution in [0, 0.1) is 0 Å². The van der Waals surface area contributed by atoms with Gasteiger partial charge in [-0.25, -0.2) is 4.79 Å². The standard InChI is InChI=1S/C12H11N3O4/c1-19-9-5-3-2-4-7(9)11(16)14-10-8(12(17)18)6-13-15-10/h2-6H,1H3,(H,17,18)(H2,13,14,15,16). The summed E-state index contributed by atoms with van der Waals surface area (Å²) in [6.45, 7) is 0. The van der Waals surface area contributed by atoms with E-state index in [2.05, 4.69) is 15.5 Å². The van der Waals surface area contributed by atoms with Crippen LogP contribution >= 0.6 is 0 Å². The molecule has 19 heavy (non-hydrogen) atoms. The molecular formula is C12H11N3O4. The van der Waals surface area contributed by atoms with E-state index in [9.17, 15) is 9.59 Å². The Balaban J connectivity index is 2.26. The van der Waals surface area contributed by atoms with Gasteiger partial charge in [-0.2, -0.15) is 5.10 Å². The minimum absolute atomic E-state index is 0.0309. The maximum atomic E-state index is 12.0. The summed E-state index contributed by atoms with van der Waals surface area (Å²) in [5.41, 5.74) is 0.194. The highest BCUT2D eigenvalue weighted by atomic mass is 16.5.